The molecule has 0 bridgehead atoms. The number of fused-ring (bicyclic) bond motifs is 1. The Morgan fingerprint density at radius 1 is 1.24 bits per heavy atom. The number of carbonyl (C=O) groups is 1. The van der Waals surface area contributed by atoms with Crippen molar-refractivity contribution in [2.75, 3.05) is 5.32 Å². The molecule has 1 aromatic heterocycles. The van der Waals surface area contributed by atoms with Crippen molar-refractivity contribution in [1.29, 1.82) is 0 Å². The van der Waals surface area contributed by atoms with Crippen LogP contribution in [-0.4, -0.2) is 26.7 Å². The van der Waals surface area contributed by atoms with Gasteiger partial charge in [-0.1, -0.05) is 39.3 Å². The Morgan fingerprint density at radius 3 is 2.80 bits per heavy atom. The molecule has 0 unspecified atom stereocenters. The molecule has 2 heterocycles. The zero-order chi connectivity index (χ0) is 18.0. The van der Waals surface area contributed by atoms with Crippen molar-refractivity contribution in [3.05, 3.63) is 30.1 Å². The number of nitrogens with zero attached hydrogens (tertiary/aromatic N) is 3. The number of anilines is 1. The fourth-order valence-electron chi connectivity index (χ4n) is 3.05. The standard InChI is InChI=1S/C19H27N5O/c1-19(2,3)16(20)18(25)21-14-9-7-8-13(12-14)17-23-22-15-10-5-4-6-11-24(15)17/h7-9,12,16H,4-6,10-11,20H2,1-3H3,(H,21,25)/t16-/m1/s1. The number of carbonyl (C=O) groups excluding carboxylic acids is 1. The van der Waals surface area contributed by atoms with Crippen molar-refractivity contribution in [3.8, 4) is 11.4 Å². The number of amides is 1. The van der Waals surface area contributed by atoms with Gasteiger partial charge in [0.15, 0.2) is 5.82 Å². The monoisotopic (exact) mass is 341 g/mol. The van der Waals surface area contributed by atoms with Gasteiger partial charge in [-0.25, -0.2) is 0 Å². The van der Waals surface area contributed by atoms with Gasteiger partial charge in [0, 0.05) is 24.2 Å². The summed E-state index contributed by atoms with van der Waals surface area (Å²) in [6.07, 6.45) is 4.52. The largest absolute Gasteiger partial charge is 0.325 e. The van der Waals surface area contributed by atoms with E-state index in [0.717, 1.165) is 42.3 Å². The second-order valence-corrected chi connectivity index (χ2v) is 7.82. The maximum Gasteiger partial charge on any atom is 0.241 e. The van der Waals surface area contributed by atoms with E-state index in [2.05, 4.69) is 20.1 Å². The van der Waals surface area contributed by atoms with Crippen LogP contribution >= 0.6 is 0 Å². The minimum Gasteiger partial charge on any atom is -0.325 e. The highest BCUT2D eigenvalue weighted by atomic mass is 16.2. The predicted molar refractivity (Wildman–Crippen MR) is 99.1 cm³/mol. The van der Waals surface area contributed by atoms with Crippen LogP contribution in [-0.2, 0) is 17.8 Å². The van der Waals surface area contributed by atoms with Gasteiger partial charge in [-0.15, -0.1) is 10.2 Å². The van der Waals surface area contributed by atoms with E-state index in [1.807, 2.05) is 45.0 Å². The Hall–Kier alpha value is -2.21. The molecular formula is C19H27N5O. The molecule has 6 nitrogen and oxygen atoms in total. The van der Waals surface area contributed by atoms with Gasteiger partial charge < -0.3 is 15.6 Å². The fourth-order valence-corrected chi connectivity index (χ4v) is 3.05. The molecule has 6 heteroatoms. The molecule has 1 amide bonds. The van der Waals surface area contributed by atoms with Crippen molar-refractivity contribution < 1.29 is 4.79 Å². The first-order chi connectivity index (χ1) is 11.9. The number of aryl methyl sites for hydroxylation is 1. The first kappa shape index (κ1) is 17.6. The molecule has 1 atom stereocenters. The number of aromatic nitrogens is 3. The van der Waals surface area contributed by atoms with Crippen LogP contribution in [0.3, 0.4) is 0 Å². The van der Waals surface area contributed by atoms with Gasteiger partial charge in [0.1, 0.15) is 5.82 Å². The number of rotatable bonds is 3. The number of hydrogen-bond acceptors (Lipinski definition) is 4. The van der Waals surface area contributed by atoms with Crippen molar-refractivity contribution >= 4 is 11.6 Å². The molecule has 1 aromatic carbocycles. The first-order valence-electron chi connectivity index (χ1n) is 8.95. The van der Waals surface area contributed by atoms with E-state index < -0.39 is 6.04 Å². The van der Waals surface area contributed by atoms with Crippen LogP contribution in [0, 0.1) is 5.41 Å². The zero-order valence-corrected chi connectivity index (χ0v) is 15.2. The van der Waals surface area contributed by atoms with Gasteiger partial charge in [0.05, 0.1) is 6.04 Å². The molecule has 134 valence electrons. The molecule has 1 aliphatic rings. The van der Waals surface area contributed by atoms with Gasteiger partial charge in [-0.2, -0.15) is 0 Å². The van der Waals surface area contributed by atoms with E-state index in [4.69, 9.17) is 5.73 Å². The SMILES string of the molecule is CC(C)(C)[C@H](N)C(=O)Nc1cccc(-c2nnc3n2CCCCC3)c1. The van der Waals surface area contributed by atoms with Crippen LogP contribution in [0.15, 0.2) is 24.3 Å². The van der Waals surface area contributed by atoms with Crippen molar-refractivity contribution in [1.82, 2.24) is 14.8 Å². The highest BCUT2D eigenvalue weighted by Crippen LogP contribution is 2.25. The minimum atomic E-state index is -0.569. The fraction of sp³-hybridized carbons (Fsp3) is 0.526. The van der Waals surface area contributed by atoms with Crippen LogP contribution in [0.4, 0.5) is 5.69 Å². The molecule has 1 aliphatic heterocycles. The average molecular weight is 341 g/mol. The Balaban J connectivity index is 1.83. The smallest absolute Gasteiger partial charge is 0.241 e. The van der Waals surface area contributed by atoms with Crippen molar-refractivity contribution in [2.24, 2.45) is 11.1 Å². The maximum atomic E-state index is 12.4. The molecule has 0 saturated carbocycles. The number of nitrogens with two attached hydrogens (primary N) is 1. The topological polar surface area (TPSA) is 85.8 Å². The third-order valence-electron chi connectivity index (χ3n) is 4.71. The summed E-state index contributed by atoms with van der Waals surface area (Å²) in [6.45, 7) is 6.82. The summed E-state index contributed by atoms with van der Waals surface area (Å²) < 4.78 is 2.20. The van der Waals surface area contributed by atoms with Crippen LogP contribution in [0.25, 0.3) is 11.4 Å². The lowest BCUT2D eigenvalue weighted by Crippen LogP contribution is -2.45. The van der Waals surface area contributed by atoms with E-state index in [9.17, 15) is 4.79 Å². The number of benzene rings is 1. The van der Waals surface area contributed by atoms with Crippen molar-refractivity contribution in [3.63, 3.8) is 0 Å². The Kier molecular flexibility index (Phi) is 4.90. The highest BCUT2D eigenvalue weighted by Gasteiger charge is 2.27. The molecule has 0 aliphatic carbocycles. The average Bonchev–Trinajstić information content (AvgIpc) is 2.82. The summed E-state index contributed by atoms with van der Waals surface area (Å²) in [6, 6.07) is 7.17. The first-order valence-corrected chi connectivity index (χ1v) is 8.95. The molecule has 2 aromatic rings. The predicted octanol–water partition coefficient (Wildman–Crippen LogP) is 2.98. The summed E-state index contributed by atoms with van der Waals surface area (Å²) in [5.41, 5.74) is 7.45. The summed E-state index contributed by atoms with van der Waals surface area (Å²) in [7, 11) is 0. The van der Waals surface area contributed by atoms with Crippen LogP contribution < -0.4 is 11.1 Å². The van der Waals surface area contributed by atoms with E-state index in [-0.39, 0.29) is 11.3 Å². The lowest BCUT2D eigenvalue weighted by molar-refractivity contribution is -0.119. The van der Waals surface area contributed by atoms with Crippen LogP contribution in [0.2, 0.25) is 0 Å². The molecule has 0 spiro atoms. The quantitative estimate of drug-likeness (QED) is 0.898. The van der Waals surface area contributed by atoms with E-state index >= 15 is 0 Å². The second-order valence-electron chi connectivity index (χ2n) is 7.82. The van der Waals surface area contributed by atoms with Gasteiger partial charge in [0.2, 0.25) is 5.91 Å². The Morgan fingerprint density at radius 2 is 2.04 bits per heavy atom. The lowest BCUT2D eigenvalue weighted by atomic mass is 9.87. The molecule has 0 fully saturated rings. The van der Waals surface area contributed by atoms with Gasteiger partial charge >= 0.3 is 0 Å². The van der Waals surface area contributed by atoms with E-state index in [1.165, 1.54) is 12.8 Å². The normalized spacial score (nSPS) is 16.0. The summed E-state index contributed by atoms with van der Waals surface area (Å²) >= 11 is 0. The van der Waals surface area contributed by atoms with E-state index in [1.54, 1.807) is 0 Å². The highest BCUT2D eigenvalue weighted by molar-refractivity contribution is 5.95. The molecule has 0 radical (unpaired) electrons. The van der Waals surface area contributed by atoms with E-state index in [0.29, 0.717) is 0 Å². The second kappa shape index (κ2) is 6.96. The van der Waals surface area contributed by atoms with Gasteiger partial charge in [-0.05, 0) is 30.4 Å². The molecule has 0 saturated heterocycles. The minimum absolute atomic E-state index is 0.176. The summed E-state index contributed by atoms with van der Waals surface area (Å²) in [4.78, 5) is 12.4. The Labute approximate surface area is 148 Å². The van der Waals surface area contributed by atoms with Gasteiger partial charge in [0.25, 0.3) is 0 Å². The summed E-state index contributed by atoms with van der Waals surface area (Å²) in [5.74, 6) is 1.74. The molecular weight excluding hydrogens is 314 g/mol. The van der Waals surface area contributed by atoms with Crippen LogP contribution in [0.1, 0.15) is 45.9 Å². The third kappa shape index (κ3) is 3.90. The lowest BCUT2D eigenvalue weighted by Gasteiger charge is -2.25. The number of hydrogen-bond donors (Lipinski definition) is 2. The maximum absolute atomic E-state index is 12.4. The van der Waals surface area contributed by atoms with Crippen LogP contribution in [0.5, 0.6) is 0 Å². The van der Waals surface area contributed by atoms with Gasteiger partial charge in [-0.3, -0.25) is 4.79 Å². The summed E-state index contributed by atoms with van der Waals surface area (Å²) in [5, 5.41) is 11.7. The molecule has 25 heavy (non-hydrogen) atoms. The zero-order valence-electron chi connectivity index (χ0n) is 15.2. The van der Waals surface area contributed by atoms with Crippen molar-refractivity contribution in [2.45, 2.75) is 59.0 Å². The Bertz CT molecular complexity index is 759. The molecule has 3 N–H and O–H groups in total. The third-order valence-corrected chi connectivity index (χ3v) is 4.71. The molecule has 3 rings (SSSR count). The number of nitrogens with one attached hydrogen (secondary N) is 1.